The van der Waals surface area contributed by atoms with Gasteiger partial charge in [0.2, 0.25) is 0 Å². The van der Waals surface area contributed by atoms with E-state index >= 15 is 0 Å². The quantitative estimate of drug-likeness (QED) is 0.0391. The topological polar surface area (TPSA) is 129 Å². The SMILES string of the molecule is COc1cc(-c2ccccc2)cc2onc(N)c12.II(I)I(I)I(I)I(I)I(I)I(I)I(I)I.I[I-]I(I)I.I[I-]I(I)I(I)I(I)I(I)I(I)I(I)I(I)I.OB(O)c1ccccc1.[C-]#[N+]c1c(F)cc(-c2ccccc2)cc1OC.[C-]#[N+]c1c(F)cc(Br)cc1OC. The molecule has 0 aliphatic carbocycles. The molecule has 0 aliphatic heterocycles. The first kappa shape index (κ1) is 113. The molecule has 0 radical (unpaired) electrons. The minimum absolute atomic E-state index is 0.0767. The molecule has 0 spiro atoms. The second-order valence-corrected chi connectivity index (χ2v) is 778. The van der Waals surface area contributed by atoms with Crippen molar-refractivity contribution in [2.45, 2.75) is 0 Å². The molecular weight excluding hydrogens is 5610 g/mol. The molecule has 4 N–H and O–H groups in total. The smallest absolute Gasteiger partial charge is 0.488 e. The number of aromatic nitrogens is 1. The largest absolute Gasteiger partial charge is 0.508 e. The molecule has 0 amide bonds. The first-order valence-electron chi connectivity index (χ1n) is 21.4. The van der Waals surface area contributed by atoms with Crippen molar-refractivity contribution in [3.8, 4) is 39.5 Å². The van der Waals surface area contributed by atoms with E-state index in [2.05, 4.69) is 422 Å². The van der Waals surface area contributed by atoms with E-state index in [1.807, 2.05) is 78.9 Å². The Morgan fingerprint density at radius 1 is 0.489 bits per heavy atom. The molecule has 7 rings (SSSR count). The van der Waals surface area contributed by atoms with Crippen molar-refractivity contribution in [2.24, 2.45) is 0 Å². The fourth-order valence-electron chi connectivity index (χ4n) is 5.41. The summed E-state index contributed by atoms with van der Waals surface area (Å²) in [6, 6.07) is 37.7. The molecule has 550 valence electrons. The van der Waals surface area contributed by atoms with Crippen LogP contribution in [0.5, 0.6) is 17.2 Å². The summed E-state index contributed by atoms with van der Waals surface area (Å²) >= 11 is 65.7. The summed E-state index contributed by atoms with van der Waals surface area (Å²) < 4.78 is 47.6. The minimum Gasteiger partial charge on any atom is -0.508 e. The number of hydrogen-bond donors (Lipinski definition) is 3. The average Bonchev–Trinajstić information content (AvgIpc) is 1.59. The summed E-state index contributed by atoms with van der Waals surface area (Å²) in [5, 5.41) is 21.6. The first-order valence-corrected chi connectivity index (χ1v) is 242. The number of benzene rings is 6. The van der Waals surface area contributed by atoms with Crippen LogP contribution in [0, 0.1) is 24.8 Å². The molecule has 52 heteroatoms. The van der Waals surface area contributed by atoms with Crippen molar-refractivity contribution in [2.75, 3.05) is 27.1 Å². The molecule has 1 aromatic heterocycles. The van der Waals surface area contributed by atoms with Crippen molar-refractivity contribution in [3.63, 3.8) is 0 Å². The molecule has 10 nitrogen and oxygen atoms in total. The van der Waals surface area contributed by atoms with Gasteiger partial charge in [-0.3, -0.25) is 0 Å². The number of nitrogen functional groups attached to an aromatic ring is 1. The van der Waals surface area contributed by atoms with Gasteiger partial charge in [0, 0.05) is 4.47 Å². The van der Waals surface area contributed by atoms with Crippen LogP contribution in [0.15, 0.2) is 136 Å². The maximum Gasteiger partial charge on any atom is 0.488 e. The molecule has 6 aromatic carbocycles. The Hall–Kier alpha value is 21.0. The molecule has 0 atom stereocenters. The minimum atomic E-state index is -1.34. The molecule has 0 saturated carbocycles. The zero-order chi connectivity index (χ0) is 71.7. The molecule has 94 heavy (non-hydrogen) atoms. The fourth-order valence-corrected chi connectivity index (χ4v) is 4410. The molecule has 0 fully saturated rings. The van der Waals surface area contributed by atoms with Gasteiger partial charge in [-0.1, -0.05) is 112 Å². The van der Waals surface area contributed by atoms with Crippen LogP contribution in [0.25, 0.3) is 42.9 Å². The van der Waals surface area contributed by atoms with Crippen LogP contribution in [0.2, 0.25) is 0 Å². The Morgan fingerprint density at radius 3 is 1.17 bits per heavy atom. The third kappa shape index (κ3) is 45.8. The maximum atomic E-state index is 13.7. The molecule has 7 aromatic rings. The van der Waals surface area contributed by atoms with E-state index in [-0.39, 0.29) is 118 Å². The number of nitrogens with two attached hydrogens (primary N) is 1. The summed E-state index contributed by atoms with van der Waals surface area (Å²) in [6.07, 6.45) is 0. The van der Waals surface area contributed by atoms with Crippen molar-refractivity contribution in [1.29, 1.82) is 0 Å². The van der Waals surface area contributed by atoms with Crippen molar-refractivity contribution < 1.29 is 64.1 Å². The molecule has 0 saturated heterocycles. The zero-order valence-corrected chi connectivity index (χ0v) is 128. The van der Waals surface area contributed by atoms with Crippen LogP contribution in [0.1, 0.15) is 0 Å². The molecular formula is C42H34BBrF2I38N4O6-2. The van der Waals surface area contributed by atoms with Crippen molar-refractivity contribution in [1.82, 2.24) is 5.16 Å². The molecule has 0 bridgehead atoms. The number of ether oxygens (including phenoxy) is 3. The molecule has 0 aliphatic rings. The Balaban J connectivity index is 0.000000561. The normalized spacial score (nSPS) is 12.6. The van der Waals surface area contributed by atoms with E-state index in [0.717, 1.165) is 22.1 Å². The van der Waals surface area contributed by atoms with E-state index < -0.39 is 42.4 Å². The number of hydrogen-bond acceptors (Lipinski definition) is 8. The summed E-state index contributed by atoms with van der Waals surface area (Å²) in [5.41, 5.74) is 10.4. The Bertz CT molecular complexity index is 3360. The summed E-state index contributed by atoms with van der Waals surface area (Å²) in [4.78, 5) is 6.14. The van der Waals surface area contributed by atoms with Gasteiger partial charge in [-0.05, 0) is 64.1 Å². The standard InChI is InChI=1S/C14H10FNO.C14H12N2O2.C8H5BrFNO.C6H7BO2.I17.I16.I5/c1-16-14-12(15)8-11(9-13(14)17-2)10-6-4-3-5-7-10;1-17-11-7-10(9-5-3-2-4-6-9)8-12-13(11)14(15)16-18-12;1-11-8-6(10)3-5(9)4-7(8)12-2;8-7(9)6-4-2-1-3-5-6;1-10-12(4)14(6)16(8)17(9)15(7)13(5)11(2)3;1-10(2)12(5)14(7)16(9)15(8)13(6)11(3)4;1-4-5(2)3/h3-9H,2H3;2-8H,1H3,(H2,15,16);3-4H,2H3;1-5,8-9H;;;/q;;;;-1;;-1. The third-order valence-electron chi connectivity index (χ3n) is 8.84. The number of nitrogens with zero attached hydrogens (tertiary/aromatic N) is 3. The maximum absolute atomic E-state index is 13.7. The van der Waals surface area contributed by atoms with E-state index in [1.54, 1.807) is 43.5 Å². The third-order valence-corrected chi connectivity index (χ3v) is 2160. The second-order valence-electron chi connectivity index (χ2n) is 13.8. The van der Waals surface area contributed by atoms with Gasteiger partial charge in [-0.15, -0.1) is 0 Å². The molecule has 1 heterocycles. The van der Waals surface area contributed by atoms with E-state index in [9.17, 15) is 8.78 Å². The van der Waals surface area contributed by atoms with Crippen molar-refractivity contribution >= 4 is 566 Å². The zero-order valence-electron chi connectivity index (χ0n) is 44.6. The second kappa shape index (κ2) is 67.4. The Kier molecular flexibility index (Phi) is 81.0. The van der Waals surface area contributed by atoms with E-state index in [4.69, 9.17) is 47.7 Å². The van der Waals surface area contributed by atoms with Crippen LogP contribution in [0.4, 0.5) is 26.0 Å². The average molecular weight is 5640 g/mol. The number of rotatable bonds is 20. The van der Waals surface area contributed by atoms with Gasteiger partial charge in [-0.25, -0.2) is 18.5 Å². The van der Waals surface area contributed by atoms with Crippen LogP contribution in [-0.2, 0) is 0 Å². The van der Waals surface area contributed by atoms with Gasteiger partial charge >= 0.3 is 543 Å². The van der Waals surface area contributed by atoms with Gasteiger partial charge in [0.1, 0.15) is 34.3 Å². The fraction of sp³-hybridized carbons (Fsp3) is 0.0714. The van der Waals surface area contributed by atoms with Crippen LogP contribution in [-0.4, -0.2) is 43.7 Å². The van der Waals surface area contributed by atoms with Gasteiger partial charge < -0.3 is 34.5 Å². The summed E-state index contributed by atoms with van der Waals surface area (Å²) in [6.45, 7) is 13.6. The van der Waals surface area contributed by atoms with Gasteiger partial charge in [0.25, 0.3) is 11.4 Å². The Labute approximate surface area is 835 Å². The predicted octanol–water partition coefficient (Wildman–Crippen LogP) is 35.5. The van der Waals surface area contributed by atoms with Crippen LogP contribution >= 0.6 is 525 Å². The van der Waals surface area contributed by atoms with Gasteiger partial charge in [0.15, 0.2) is 11.4 Å². The Morgan fingerprint density at radius 2 is 0.830 bits per heavy atom. The summed E-state index contributed by atoms with van der Waals surface area (Å²) in [5.74, 6) is 0.400. The van der Waals surface area contributed by atoms with Crippen molar-refractivity contribution in [3.05, 3.63) is 166 Å². The number of halogens is 41. The van der Waals surface area contributed by atoms with Crippen LogP contribution < -0.4 is 51.9 Å². The van der Waals surface area contributed by atoms with Gasteiger partial charge in [-0.2, -0.15) is 0 Å². The predicted molar refractivity (Wildman–Crippen MR) is 723 cm³/mol. The summed E-state index contributed by atoms with van der Waals surface area (Å²) in [7, 11) is -2.27. The number of fused-ring (bicyclic) bond motifs is 1. The molecule has 0 unspecified atom stereocenters. The first-order chi connectivity index (χ1) is 44.2. The number of methoxy groups -OCH3 is 3. The number of anilines is 1. The monoisotopic (exact) mass is 5640 g/mol. The van der Waals surface area contributed by atoms with Gasteiger partial charge in [0.05, 0.1) is 34.5 Å². The van der Waals surface area contributed by atoms with Crippen LogP contribution in [0.3, 0.4) is 0 Å². The van der Waals surface area contributed by atoms with E-state index in [1.165, 1.54) is 26.4 Å². The van der Waals surface area contributed by atoms with E-state index in [0.29, 0.717) is 59.2 Å².